The predicted molar refractivity (Wildman–Crippen MR) is 127 cm³/mol. The zero-order chi connectivity index (χ0) is 25.1. The first-order valence-corrected chi connectivity index (χ1v) is 11.1. The first kappa shape index (κ1) is 27.0. The number of likely N-dealkylation sites (N-methyl/N-ethyl adjacent to an activating group) is 2. The van der Waals surface area contributed by atoms with E-state index in [4.69, 9.17) is 5.73 Å². The van der Waals surface area contributed by atoms with Gasteiger partial charge in [0.2, 0.25) is 17.8 Å². The van der Waals surface area contributed by atoms with E-state index in [1.165, 1.54) is 22.1 Å². The van der Waals surface area contributed by atoms with Crippen molar-refractivity contribution in [2.24, 2.45) is 0 Å². The van der Waals surface area contributed by atoms with Crippen LogP contribution in [0.1, 0.15) is 31.2 Å². The van der Waals surface area contributed by atoms with Crippen LogP contribution in [-0.4, -0.2) is 91.4 Å². The average Bonchev–Trinajstić information content (AvgIpc) is 2.75. The van der Waals surface area contributed by atoms with Crippen LogP contribution in [-0.2, 0) is 9.59 Å². The van der Waals surface area contributed by atoms with Gasteiger partial charge in [0.05, 0.1) is 24.8 Å². The summed E-state index contributed by atoms with van der Waals surface area (Å²) in [4.78, 5) is 36.8. The van der Waals surface area contributed by atoms with E-state index in [9.17, 15) is 18.4 Å². The van der Waals surface area contributed by atoms with Crippen LogP contribution in [0.15, 0.2) is 18.3 Å². The molecule has 0 aromatic carbocycles. The lowest BCUT2D eigenvalue weighted by molar-refractivity contribution is -0.131. The molecule has 1 saturated heterocycles. The van der Waals surface area contributed by atoms with Crippen molar-refractivity contribution in [3.63, 3.8) is 0 Å². The standard InChI is InChI=1S/C23H33F2N7O2/c1-30(2)13-7-10-20(34)31(3)16-19(33)27-12-6-4-5-9-18-15-28-22(26)29-21(18)32-14-8-11-23(24,25)17-32/h7,10,15H,4,6,8,11-14,16-17H2,1-3H3,(H,27,33)(H2,26,28,29)/b10-7+. The molecule has 2 amide bonds. The summed E-state index contributed by atoms with van der Waals surface area (Å²) in [5, 5.41) is 2.76. The fraction of sp³-hybridized carbons (Fsp3) is 0.565. The highest BCUT2D eigenvalue weighted by atomic mass is 19.3. The van der Waals surface area contributed by atoms with Crippen LogP contribution in [0, 0.1) is 11.8 Å². The van der Waals surface area contributed by atoms with Crippen molar-refractivity contribution in [2.45, 2.75) is 31.6 Å². The number of halogens is 2. The van der Waals surface area contributed by atoms with Crippen LogP contribution < -0.4 is 16.0 Å². The number of unbranched alkanes of at least 4 members (excludes halogenated alkanes) is 1. The van der Waals surface area contributed by atoms with Crippen molar-refractivity contribution in [1.82, 2.24) is 25.1 Å². The summed E-state index contributed by atoms with van der Waals surface area (Å²) in [6.07, 6.45) is 5.91. The number of nitrogen functional groups attached to an aromatic ring is 1. The number of aromatic nitrogens is 2. The molecule has 3 N–H and O–H groups in total. The van der Waals surface area contributed by atoms with Crippen LogP contribution >= 0.6 is 0 Å². The van der Waals surface area contributed by atoms with Crippen LogP contribution in [0.4, 0.5) is 20.5 Å². The Morgan fingerprint density at radius 1 is 1.35 bits per heavy atom. The number of anilines is 2. The maximum atomic E-state index is 13.8. The van der Waals surface area contributed by atoms with Gasteiger partial charge in [-0.1, -0.05) is 17.9 Å². The number of hydrogen-bond acceptors (Lipinski definition) is 7. The van der Waals surface area contributed by atoms with E-state index in [1.54, 1.807) is 13.1 Å². The molecule has 2 heterocycles. The molecule has 1 fully saturated rings. The van der Waals surface area contributed by atoms with Gasteiger partial charge in [-0.15, -0.1) is 0 Å². The van der Waals surface area contributed by atoms with Gasteiger partial charge in [0, 0.05) is 45.6 Å². The Labute approximate surface area is 199 Å². The number of hydrogen-bond donors (Lipinski definition) is 2. The largest absolute Gasteiger partial charge is 0.368 e. The van der Waals surface area contributed by atoms with Crippen LogP contribution in [0.2, 0.25) is 0 Å². The maximum absolute atomic E-state index is 13.8. The summed E-state index contributed by atoms with van der Waals surface area (Å²) in [7, 11) is 5.36. The van der Waals surface area contributed by atoms with Gasteiger partial charge in [-0.2, -0.15) is 4.98 Å². The van der Waals surface area contributed by atoms with Gasteiger partial charge in [-0.25, -0.2) is 13.8 Å². The van der Waals surface area contributed by atoms with Crippen molar-refractivity contribution in [2.75, 3.05) is 64.5 Å². The third-order valence-corrected chi connectivity index (χ3v) is 4.99. The molecule has 0 bridgehead atoms. The number of piperidine rings is 1. The number of carbonyl (C=O) groups excluding carboxylic acids is 2. The molecule has 0 saturated carbocycles. The number of nitrogens with one attached hydrogen (secondary N) is 1. The molecule has 34 heavy (non-hydrogen) atoms. The minimum absolute atomic E-state index is 0.00814. The fourth-order valence-corrected chi connectivity index (χ4v) is 3.27. The lowest BCUT2D eigenvalue weighted by Gasteiger charge is -2.33. The third kappa shape index (κ3) is 9.31. The molecule has 0 atom stereocenters. The number of alkyl halides is 2. The highest BCUT2D eigenvalue weighted by Gasteiger charge is 2.36. The van der Waals surface area contributed by atoms with Gasteiger partial charge in [-0.3, -0.25) is 9.59 Å². The quantitative estimate of drug-likeness (QED) is 0.312. The van der Waals surface area contributed by atoms with Crippen molar-refractivity contribution in [3.8, 4) is 11.8 Å². The molecule has 1 aliphatic rings. The Kier molecular flexibility index (Phi) is 10.2. The topological polar surface area (TPSA) is 108 Å². The zero-order valence-electron chi connectivity index (χ0n) is 20.0. The summed E-state index contributed by atoms with van der Waals surface area (Å²) >= 11 is 0. The smallest absolute Gasteiger partial charge is 0.265 e. The number of amides is 2. The monoisotopic (exact) mass is 477 g/mol. The molecule has 9 nitrogen and oxygen atoms in total. The zero-order valence-corrected chi connectivity index (χ0v) is 20.0. The first-order valence-electron chi connectivity index (χ1n) is 11.1. The van der Waals surface area contributed by atoms with E-state index >= 15 is 0 Å². The van der Waals surface area contributed by atoms with E-state index in [-0.39, 0.29) is 30.7 Å². The van der Waals surface area contributed by atoms with Crippen molar-refractivity contribution in [1.29, 1.82) is 0 Å². The maximum Gasteiger partial charge on any atom is 0.265 e. The molecule has 1 aliphatic heterocycles. The molecule has 186 valence electrons. The minimum Gasteiger partial charge on any atom is -0.368 e. The molecule has 1 aromatic heterocycles. The molecular weight excluding hydrogens is 444 g/mol. The molecule has 2 rings (SSSR count). The fourth-order valence-electron chi connectivity index (χ4n) is 3.27. The van der Waals surface area contributed by atoms with E-state index < -0.39 is 12.5 Å². The Morgan fingerprint density at radius 3 is 2.82 bits per heavy atom. The second kappa shape index (κ2) is 12.8. The summed E-state index contributed by atoms with van der Waals surface area (Å²) < 4.78 is 27.6. The van der Waals surface area contributed by atoms with Gasteiger partial charge >= 0.3 is 0 Å². The summed E-state index contributed by atoms with van der Waals surface area (Å²) in [6, 6.07) is 0. The summed E-state index contributed by atoms with van der Waals surface area (Å²) in [5.41, 5.74) is 6.10. The molecular formula is C23H33F2N7O2. The molecule has 0 radical (unpaired) electrons. The molecule has 0 aliphatic carbocycles. The lowest BCUT2D eigenvalue weighted by Crippen LogP contribution is -2.43. The minimum atomic E-state index is -2.78. The van der Waals surface area contributed by atoms with E-state index in [0.29, 0.717) is 50.3 Å². The summed E-state index contributed by atoms with van der Waals surface area (Å²) in [5.74, 6) is 2.96. The Balaban J connectivity index is 1.80. The first-order chi connectivity index (χ1) is 16.1. The van der Waals surface area contributed by atoms with Gasteiger partial charge in [-0.05, 0) is 26.9 Å². The van der Waals surface area contributed by atoms with Crippen molar-refractivity contribution < 1.29 is 18.4 Å². The van der Waals surface area contributed by atoms with Gasteiger partial charge in [0.1, 0.15) is 5.82 Å². The summed E-state index contributed by atoms with van der Waals surface area (Å²) in [6.45, 7) is 1.03. The Morgan fingerprint density at radius 2 is 2.12 bits per heavy atom. The van der Waals surface area contributed by atoms with Crippen molar-refractivity contribution in [3.05, 3.63) is 23.9 Å². The van der Waals surface area contributed by atoms with E-state index in [0.717, 1.165) is 0 Å². The number of nitrogens with two attached hydrogens (primary N) is 1. The molecule has 0 spiro atoms. The second-order valence-corrected chi connectivity index (χ2v) is 8.46. The molecule has 11 heteroatoms. The average molecular weight is 478 g/mol. The van der Waals surface area contributed by atoms with Crippen LogP contribution in [0.25, 0.3) is 0 Å². The van der Waals surface area contributed by atoms with Gasteiger partial charge in [0.25, 0.3) is 5.92 Å². The van der Waals surface area contributed by atoms with Gasteiger partial charge < -0.3 is 25.8 Å². The van der Waals surface area contributed by atoms with Crippen LogP contribution in [0.5, 0.6) is 0 Å². The molecule has 1 aromatic rings. The normalized spacial score (nSPS) is 15.2. The lowest BCUT2D eigenvalue weighted by atomic mass is 10.1. The highest BCUT2D eigenvalue weighted by Crippen LogP contribution is 2.30. The van der Waals surface area contributed by atoms with E-state index in [2.05, 4.69) is 27.1 Å². The number of nitrogens with zero attached hydrogens (tertiary/aromatic N) is 5. The third-order valence-electron chi connectivity index (χ3n) is 4.99. The van der Waals surface area contributed by atoms with E-state index in [1.807, 2.05) is 19.0 Å². The SMILES string of the molecule is CN(C)C/C=C/C(=O)N(C)CC(=O)NCCCC#Cc1cnc(N)nc1N1CCCC(F)(F)C1. The molecule has 0 unspecified atom stereocenters. The van der Waals surface area contributed by atoms with Gasteiger partial charge in [0.15, 0.2) is 0 Å². The Bertz CT molecular complexity index is 941. The Hall–Kier alpha value is -3.26. The second-order valence-electron chi connectivity index (χ2n) is 8.46. The van der Waals surface area contributed by atoms with Crippen molar-refractivity contribution >= 4 is 23.6 Å². The van der Waals surface area contributed by atoms with Crippen LogP contribution in [0.3, 0.4) is 0 Å². The predicted octanol–water partition coefficient (Wildman–Crippen LogP) is 1.12. The number of carbonyl (C=O) groups is 2. The highest BCUT2D eigenvalue weighted by molar-refractivity contribution is 5.91. The number of rotatable bonds is 9.